The van der Waals surface area contributed by atoms with Gasteiger partial charge in [-0.15, -0.1) is 0 Å². The minimum atomic E-state index is 0.215. The second kappa shape index (κ2) is 2.34. The highest BCUT2D eigenvalue weighted by molar-refractivity contribution is 5.74. The molecule has 0 N–H and O–H groups in total. The molecule has 3 saturated carbocycles. The molecule has 0 atom stereocenters. The van der Waals surface area contributed by atoms with Gasteiger partial charge in [-0.3, -0.25) is 4.79 Å². The van der Waals surface area contributed by atoms with Gasteiger partial charge >= 0.3 is 0 Å². The third kappa shape index (κ3) is 0.945. The fraction of sp³-hybridized carbons (Fsp3) is 0.917. The lowest BCUT2D eigenvalue weighted by molar-refractivity contribution is -0.256. The standard InChI is InChI=1S/C12H21NO/c1-9(14)13(5)12-6-11(7-12,8-12)10(2,3)4/h6-8H2,1-5H3. The van der Waals surface area contributed by atoms with E-state index in [0.29, 0.717) is 10.8 Å². The molecule has 0 aromatic heterocycles. The molecule has 3 fully saturated rings. The summed E-state index contributed by atoms with van der Waals surface area (Å²) in [6.07, 6.45) is 3.67. The third-order valence-corrected chi connectivity index (χ3v) is 4.78. The van der Waals surface area contributed by atoms with Crippen molar-refractivity contribution >= 4 is 5.91 Å². The van der Waals surface area contributed by atoms with Crippen LogP contribution in [-0.2, 0) is 4.79 Å². The van der Waals surface area contributed by atoms with E-state index >= 15 is 0 Å². The molecule has 0 radical (unpaired) electrons. The highest BCUT2D eigenvalue weighted by atomic mass is 16.2. The predicted molar refractivity (Wildman–Crippen MR) is 56.9 cm³/mol. The molecule has 2 bridgehead atoms. The quantitative estimate of drug-likeness (QED) is 0.629. The van der Waals surface area contributed by atoms with Gasteiger partial charge in [0.15, 0.2) is 0 Å². The van der Waals surface area contributed by atoms with Crippen molar-refractivity contribution < 1.29 is 4.79 Å². The number of carbonyl (C=O) groups is 1. The van der Waals surface area contributed by atoms with Gasteiger partial charge < -0.3 is 4.90 Å². The van der Waals surface area contributed by atoms with Crippen LogP contribution in [0.1, 0.15) is 47.0 Å². The first-order valence-electron chi connectivity index (χ1n) is 5.47. The van der Waals surface area contributed by atoms with E-state index in [2.05, 4.69) is 20.8 Å². The van der Waals surface area contributed by atoms with Gasteiger partial charge in [0.1, 0.15) is 0 Å². The summed E-state index contributed by atoms with van der Waals surface area (Å²) in [6, 6.07) is 0. The van der Waals surface area contributed by atoms with Crippen LogP contribution in [0.3, 0.4) is 0 Å². The Morgan fingerprint density at radius 1 is 1.21 bits per heavy atom. The van der Waals surface area contributed by atoms with Gasteiger partial charge in [-0.1, -0.05) is 20.8 Å². The maximum absolute atomic E-state index is 11.3. The number of hydrogen-bond acceptors (Lipinski definition) is 1. The molecule has 3 aliphatic carbocycles. The van der Waals surface area contributed by atoms with Gasteiger partial charge in [-0.25, -0.2) is 0 Å². The normalized spacial score (nSPS) is 39.8. The maximum Gasteiger partial charge on any atom is 0.219 e. The lowest BCUT2D eigenvalue weighted by atomic mass is 9.32. The van der Waals surface area contributed by atoms with Gasteiger partial charge in [0, 0.05) is 19.5 Å². The van der Waals surface area contributed by atoms with E-state index < -0.39 is 0 Å². The summed E-state index contributed by atoms with van der Waals surface area (Å²) >= 11 is 0. The van der Waals surface area contributed by atoms with Crippen molar-refractivity contribution in [2.24, 2.45) is 10.8 Å². The van der Waals surface area contributed by atoms with Crippen LogP contribution in [0.4, 0.5) is 0 Å². The molecule has 2 nitrogen and oxygen atoms in total. The minimum absolute atomic E-state index is 0.215. The number of rotatable bonds is 1. The highest BCUT2D eigenvalue weighted by Gasteiger charge is 2.73. The average molecular weight is 195 g/mol. The van der Waals surface area contributed by atoms with E-state index in [1.807, 2.05) is 11.9 Å². The number of hydrogen-bond donors (Lipinski definition) is 0. The topological polar surface area (TPSA) is 20.3 Å². The lowest BCUT2D eigenvalue weighted by Crippen LogP contribution is -2.77. The number of amides is 1. The van der Waals surface area contributed by atoms with Gasteiger partial charge in [0.2, 0.25) is 5.91 Å². The molecule has 0 unspecified atom stereocenters. The second-order valence-electron chi connectivity index (χ2n) is 6.36. The van der Waals surface area contributed by atoms with Gasteiger partial charge in [-0.2, -0.15) is 0 Å². The summed E-state index contributed by atoms with van der Waals surface area (Å²) in [5.74, 6) is 0.215. The summed E-state index contributed by atoms with van der Waals surface area (Å²) < 4.78 is 0. The number of nitrogens with zero attached hydrogens (tertiary/aromatic N) is 1. The molecule has 3 aliphatic rings. The number of carbonyl (C=O) groups excluding carboxylic acids is 1. The summed E-state index contributed by atoms with van der Waals surface area (Å²) in [7, 11) is 1.95. The Morgan fingerprint density at radius 2 is 1.64 bits per heavy atom. The highest BCUT2D eigenvalue weighted by Crippen LogP contribution is 2.75. The average Bonchev–Trinajstić information content (AvgIpc) is 1.76. The first-order chi connectivity index (χ1) is 6.23. The molecular formula is C12H21NO. The Kier molecular flexibility index (Phi) is 1.67. The Balaban J connectivity index is 2.04. The molecule has 3 rings (SSSR count). The van der Waals surface area contributed by atoms with E-state index in [9.17, 15) is 4.79 Å². The molecule has 80 valence electrons. The van der Waals surface area contributed by atoms with Crippen molar-refractivity contribution in [1.29, 1.82) is 0 Å². The maximum atomic E-state index is 11.3. The summed E-state index contributed by atoms with van der Waals surface area (Å²) in [6.45, 7) is 8.64. The molecule has 0 spiro atoms. The molecule has 0 heterocycles. The third-order valence-electron chi connectivity index (χ3n) is 4.78. The van der Waals surface area contributed by atoms with Crippen molar-refractivity contribution in [2.45, 2.75) is 52.5 Å². The van der Waals surface area contributed by atoms with Crippen LogP contribution in [0, 0.1) is 10.8 Å². The monoisotopic (exact) mass is 195 g/mol. The largest absolute Gasteiger partial charge is 0.340 e. The van der Waals surface area contributed by atoms with Gasteiger partial charge in [-0.05, 0) is 30.1 Å². The molecule has 2 heteroatoms. The van der Waals surface area contributed by atoms with Crippen LogP contribution < -0.4 is 0 Å². The Labute approximate surface area is 86.7 Å². The van der Waals surface area contributed by atoms with E-state index in [-0.39, 0.29) is 11.4 Å². The van der Waals surface area contributed by atoms with Gasteiger partial charge in [0.25, 0.3) is 0 Å². The minimum Gasteiger partial charge on any atom is -0.340 e. The van der Waals surface area contributed by atoms with Crippen molar-refractivity contribution in [3.8, 4) is 0 Å². The van der Waals surface area contributed by atoms with Gasteiger partial charge in [0.05, 0.1) is 0 Å². The summed E-state index contributed by atoms with van der Waals surface area (Å²) in [5.41, 5.74) is 1.20. The van der Waals surface area contributed by atoms with Crippen LogP contribution in [-0.4, -0.2) is 23.4 Å². The van der Waals surface area contributed by atoms with E-state index in [1.165, 1.54) is 19.3 Å². The van der Waals surface area contributed by atoms with Crippen molar-refractivity contribution in [1.82, 2.24) is 4.90 Å². The van der Waals surface area contributed by atoms with Crippen LogP contribution in [0.25, 0.3) is 0 Å². The molecule has 0 aromatic rings. The van der Waals surface area contributed by atoms with Crippen molar-refractivity contribution in [3.05, 3.63) is 0 Å². The van der Waals surface area contributed by atoms with Crippen molar-refractivity contribution in [2.75, 3.05) is 7.05 Å². The zero-order chi connectivity index (χ0) is 10.8. The summed E-state index contributed by atoms with van der Waals surface area (Å²) in [4.78, 5) is 13.2. The van der Waals surface area contributed by atoms with Crippen LogP contribution in [0.5, 0.6) is 0 Å². The second-order valence-corrected chi connectivity index (χ2v) is 6.36. The van der Waals surface area contributed by atoms with E-state index in [4.69, 9.17) is 0 Å². The van der Waals surface area contributed by atoms with Crippen LogP contribution in [0.15, 0.2) is 0 Å². The Hall–Kier alpha value is -0.530. The zero-order valence-electron chi connectivity index (χ0n) is 9.98. The Morgan fingerprint density at radius 3 is 1.93 bits per heavy atom. The fourth-order valence-corrected chi connectivity index (χ4v) is 3.22. The fourth-order valence-electron chi connectivity index (χ4n) is 3.22. The molecule has 14 heavy (non-hydrogen) atoms. The van der Waals surface area contributed by atoms with Crippen LogP contribution >= 0.6 is 0 Å². The molecular weight excluding hydrogens is 174 g/mol. The Bertz CT molecular complexity index is 267. The molecule has 0 aromatic carbocycles. The molecule has 0 saturated heterocycles. The molecule has 0 aliphatic heterocycles. The first-order valence-corrected chi connectivity index (χ1v) is 5.47. The lowest BCUT2D eigenvalue weighted by Gasteiger charge is -2.77. The SMILES string of the molecule is CC(=O)N(C)C12CC(C(C)(C)C)(C1)C2. The molecule has 1 amide bonds. The smallest absolute Gasteiger partial charge is 0.219 e. The van der Waals surface area contributed by atoms with E-state index in [1.54, 1.807) is 6.92 Å². The van der Waals surface area contributed by atoms with Crippen LogP contribution in [0.2, 0.25) is 0 Å². The first kappa shape index (κ1) is 10.0. The predicted octanol–water partition coefficient (Wildman–Crippen LogP) is 2.43. The van der Waals surface area contributed by atoms with Crippen molar-refractivity contribution in [3.63, 3.8) is 0 Å². The zero-order valence-corrected chi connectivity index (χ0v) is 9.98. The summed E-state index contributed by atoms with van der Waals surface area (Å²) in [5, 5.41) is 0. The van der Waals surface area contributed by atoms with E-state index in [0.717, 1.165) is 0 Å².